The number of fused-ring (bicyclic) bond motifs is 1. The molecule has 0 aromatic heterocycles. The Hall–Kier alpha value is -3.65. The number of phenols is 1. The fourth-order valence-electron chi connectivity index (χ4n) is 5.82. The zero-order valence-electron chi connectivity index (χ0n) is 23.9. The molecule has 0 aliphatic heterocycles. The molecule has 3 aromatic carbocycles. The van der Waals surface area contributed by atoms with Gasteiger partial charge in [0.15, 0.2) is 0 Å². The van der Waals surface area contributed by atoms with E-state index < -0.39 is 0 Å². The van der Waals surface area contributed by atoms with Crippen molar-refractivity contribution in [1.82, 2.24) is 0 Å². The van der Waals surface area contributed by atoms with Crippen LogP contribution in [0, 0.1) is 12.3 Å². The van der Waals surface area contributed by atoms with Gasteiger partial charge in [-0.3, -0.25) is 0 Å². The zero-order chi connectivity index (χ0) is 27.8. The molecule has 0 spiro atoms. The van der Waals surface area contributed by atoms with Gasteiger partial charge >= 0.3 is 0 Å². The lowest BCUT2D eigenvalue weighted by molar-refractivity contribution is 0.468. The van der Waals surface area contributed by atoms with E-state index in [2.05, 4.69) is 88.0 Å². The first-order chi connectivity index (χ1) is 18.9. The Morgan fingerprint density at radius 1 is 1.00 bits per heavy atom. The predicted molar refractivity (Wildman–Crippen MR) is 167 cm³/mol. The van der Waals surface area contributed by atoms with E-state index in [9.17, 15) is 5.11 Å². The van der Waals surface area contributed by atoms with Crippen LogP contribution in [0.25, 0.3) is 12.2 Å². The number of allylic oxidation sites excluding steroid dienone is 3. The van der Waals surface area contributed by atoms with Gasteiger partial charge in [-0.25, -0.2) is 0 Å². The third-order valence-corrected chi connectivity index (χ3v) is 8.23. The normalized spacial score (nSPS) is 13.4. The highest BCUT2D eigenvalue weighted by atomic mass is 16.3. The van der Waals surface area contributed by atoms with Crippen molar-refractivity contribution in [3.8, 4) is 5.75 Å². The van der Waals surface area contributed by atoms with Gasteiger partial charge in [0, 0.05) is 24.1 Å². The first-order valence-corrected chi connectivity index (χ1v) is 14.5. The average molecular weight is 518 g/mol. The highest BCUT2D eigenvalue weighted by molar-refractivity contribution is 5.99. The summed E-state index contributed by atoms with van der Waals surface area (Å²) in [6.45, 7) is 10.5. The highest BCUT2D eigenvalue weighted by Gasteiger charge is 2.13. The first kappa shape index (κ1) is 28.4. The highest BCUT2D eigenvalue weighted by Crippen LogP contribution is 2.27. The van der Waals surface area contributed by atoms with E-state index in [-0.39, 0.29) is 0 Å². The molecule has 0 saturated carbocycles. The molecule has 2 N–H and O–H groups in total. The molecule has 0 radical (unpaired) electrons. The minimum Gasteiger partial charge on any atom is -0.508 e. The molecule has 202 valence electrons. The van der Waals surface area contributed by atoms with Gasteiger partial charge in [-0.05, 0) is 89.3 Å². The van der Waals surface area contributed by atoms with Crippen molar-refractivity contribution >= 4 is 17.9 Å². The van der Waals surface area contributed by atoms with Gasteiger partial charge in [-0.2, -0.15) is 0 Å². The van der Waals surface area contributed by atoms with Crippen LogP contribution in [0.1, 0.15) is 91.7 Å². The molecule has 3 aromatic rings. The molecule has 1 atom stereocenters. The third kappa shape index (κ3) is 6.87. The summed E-state index contributed by atoms with van der Waals surface area (Å²) < 4.78 is 0. The van der Waals surface area contributed by atoms with Gasteiger partial charge < -0.3 is 10.5 Å². The minimum absolute atomic E-state index is 0.352. The lowest BCUT2D eigenvalue weighted by Crippen LogP contribution is -2.28. The van der Waals surface area contributed by atoms with E-state index in [4.69, 9.17) is 5.41 Å². The topological polar surface area (TPSA) is 44.1 Å². The Kier molecular flexibility index (Phi) is 9.76. The molecule has 0 bridgehead atoms. The number of aromatic hydroxyl groups is 1. The Labute approximate surface area is 234 Å². The molecule has 4 rings (SSSR count). The Balaban J connectivity index is 1.52. The van der Waals surface area contributed by atoms with Crippen LogP contribution < -0.4 is 10.4 Å². The number of nitrogens with one attached hydrogen (secondary N) is 1. The Morgan fingerprint density at radius 3 is 2.49 bits per heavy atom. The second-order valence-corrected chi connectivity index (χ2v) is 10.8. The van der Waals surface area contributed by atoms with Crippen LogP contribution >= 0.6 is 0 Å². The maximum Gasteiger partial charge on any atom is 0.119 e. The fourth-order valence-corrected chi connectivity index (χ4v) is 5.82. The number of rotatable bonds is 12. The summed E-state index contributed by atoms with van der Waals surface area (Å²) in [6, 6.07) is 19.0. The van der Waals surface area contributed by atoms with Crippen molar-refractivity contribution in [2.24, 2.45) is 0 Å². The summed E-state index contributed by atoms with van der Waals surface area (Å²) >= 11 is 0. The van der Waals surface area contributed by atoms with Crippen molar-refractivity contribution in [2.75, 3.05) is 0 Å². The lowest BCUT2D eigenvalue weighted by Gasteiger charge is -2.16. The Bertz CT molecular complexity index is 1470. The summed E-state index contributed by atoms with van der Waals surface area (Å²) in [6.07, 6.45) is 16.2. The van der Waals surface area contributed by atoms with Gasteiger partial charge in [0.2, 0.25) is 0 Å². The number of phenolic OH excluding ortho intramolecular Hbond substituents is 1. The molecule has 0 fully saturated rings. The molecule has 0 saturated heterocycles. The smallest absolute Gasteiger partial charge is 0.119 e. The Morgan fingerprint density at radius 2 is 1.77 bits per heavy atom. The molecule has 1 unspecified atom stereocenters. The van der Waals surface area contributed by atoms with Crippen molar-refractivity contribution in [3.63, 3.8) is 0 Å². The van der Waals surface area contributed by atoms with Crippen molar-refractivity contribution in [2.45, 2.75) is 78.1 Å². The summed E-state index contributed by atoms with van der Waals surface area (Å²) in [5.74, 6) is 0.910. The molecule has 0 amide bonds. The number of hydrogen-bond donors (Lipinski definition) is 2. The summed E-state index contributed by atoms with van der Waals surface area (Å²) in [4.78, 5) is 0. The molecule has 0 heterocycles. The average Bonchev–Trinajstić information content (AvgIpc) is 3.16. The SMILES string of the molecule is C=CCCC(CCC)c1ccc(C(=N)CC2=CC=c3ccc(O)c(Cc4cccc(CC)c4C)c3=CC2)cc1. The van der Waals surface area contributed by atoms with Gasteiger partial charge in [-0.1, -0.05) is 98.7 Å². The van der Waals surface area contributed by atoms with E-state index >= 15 is 0 Å². The van der Waals surface area contributed by atoms with Crippen molar-refractivity contribution < 1.29 is 5.11 Å². The van der Waals surface area contributed by atoms with Crippen LogP contribution in [0.3, 0.4) is 0 Å². The number of hydrogen-bond acceptors (Lipinski definition) is 2. The van der Waals surface area contributed by atoms with Gasteiger partial charge in [0.1, 0.15) is 5.75 Å². The number of benzene rings is 3. The molecule has 2 nitrogen and oxygen atoms in total. The van der Waals surface area contributed by atoms with Crippen LogP contribution in [0.4, 0.5) is 0 Å². The van der Waals surface area contributed by atoms with Crippen LogP contribution in [-0.2, 0) is 12.8 Å². The summed E-state index contributed by atoms with van der Waals surface area (Å²) in [5.41, 5.74) is 9.14. The van der Waals surface area contributed by atoms with Crippen LogP contribution in [0.5, 0.6) is 5.75 Å². The van der Waals surface area contributed by atoms with E-state index in [0.29, 0.717) is 30.2 Å². The quantitative estimate of drug-likeness (QED) is 0.185. The minimum atomic E-state index is 0.352. The maximum absolute atomic E-state index is 10.8. The summed E-state index contributed by atoms with van der Waals surface area (Å²) in [5, 5.41) is 21.9. The molecule has 1 aliphatic carbocycles. The molecule has 1 aliphatic rings. The van der Waals surface area contributed by atoms with Gasteiger partial charge in [0.25, 0.3) is 0 Å². The second-order valence-electron chi connectivity index (χ2n) is 10.8. The second kappa shape index (κ2) is 13.4. The summed E-state index contributed by atoms with van der Waals surface area (Å²) in [7, 11) is 0. The van der Waals surface area contributed by atoms with E-state index in [0.717, 1.165) is 47.2 Å². The maximum atomic E-state index is 10.8. The van der Waals surface area contributed by atoms with Crippen LogP contribution in [0.15, 0.2) is 78.9 Å². The zero-order valence-corrected chi connectivity index (χ0v) is 23.9. The molecule has 2 heteroatoms. The van der Waals surface area contributed by atoms with Crippen molar-refractivity contribution in [3.05, 3.63) is 123 Å². The fraction of sp³-hybridized carbons (Fsp3) is 0.324. The van der Waals surface area contributed by atoms with Crippen molar-refractivity contribution in [1.29, 1.82) is 5.41 Å². The predicted octanol–water partition coefficient (Wildman–Crippen LogP) is 8.05. The number of aryl methyl sites for hydroxylation is 1. The molecule has 39 heavy (non-hydrogen) atoms. The van der Waals surface area contributed by atoms with Crippen LogP contribution in [-0.4, -0.2) is 10.8 Å². The van der Waals surface area contributed by atoms with E-state index in [1.807, 2.05) is 18.2 Å². The largest absolute Gasteiger partial charge is 0.508 e. The third-order valence-electron chi connectivity index (χ3n) is 8.23. The first-order valence-electron chi connectivity index (χ1n) is 14.5. The molecular weight excluding hydrogens is 474 g/mol. The molecular formula is C37H43NO. The van der Waals surface area contributed by atoms with Gasteiger partial charge in [-0.15, -0.1) is 6.58 Å². The standard InChI is InChI=1S/C37H43NO/c1-5-8-11-29(10-6-2)30-17-19-32(20-18-30)36(38)24-27-14-16-31-21-23-37(39)35(34(31)22-15-27)25-33-13-9-12-28(7-3)26(33)4/h5,9,12-14,16-23,29,38-39H,1,6-8,10-11,15,24-25H2,2-4H3. The monoisotopic (exact) mass is 517 g/mol. The van der Waals surface area contributed by atoms with E-state index in [1.54, 1.807) is 0 Å². The van der Waals surface area contributed by atoms with Gasteiger partial charge in [0.05, 0.1) is 0 Å². The van der Waals surface area contributed by atoms with Crippen LogP contribution in [0.2, 0.25) is 0 Å². The lowest BCUT2D eigenvalue weighted by atomic mass is 9.89. The van der Waals surface area contributed by atoms with E-state index in [1.165, 1.54) is 40.7 Å².